The fraction of sp³-hybridized carbons (Fsp3) is 0.188. The van der Waals surface area contributed by atoms with Crippen LogP contribution in [0.5, 0.6) is 5.75 Å². The minimum atomic E-state index is -3.47. The maximum Gasteiger partial charge on any atom is 0.259 e. The highest BCUT2D eigenvalue weighted by Gasteiger charge is 2.19. The summed E-state index contributed by atoms with van der Waals surface area (Å²) in [4.78, 5) is 12.6. The Morgan fingerprint density at radius 2 is 1.84 bits per heavy atom. The molecule has 0 saturated heterocycles. The summed E-state index contributed by atoms with van der Waals surface area (Å²) in [7, 11) is -0.656. The third-order valence-electron chi connectivity index (χ3n) is 3.47. The molecular formula is C16H16Cl2N2O4S. The summed E-state index contributed by atoms with van der Waals surface area (Å²) in [6, 6.07) is 9.16. The number of hydrogen-bond donors (Lipinski definition) is 1. The first-order chi connectivity index (χ1) is 11.6. The molecule has 2 aromatic rings. The Hall–Kier alpha value is -1.96. The SMILES string of the molecule is COc1ccc(N(C)S(C)(=O)=O)cc1C(=O)Nc1cc(Cl)ccc1Cl. The van der Waals surface area contributed by atoms with Gasteiger partial charge in [-0.05, 0) is 36.4 Å². The van der Waals surface area contributed by atoms with E-state index < -0.39 is 15.9 Å². The van der Waals surface area contributed by atoms with E-state index in [1.807, 2.05) is 0 Å². The molecule has 0 aliphatic heterocycles. The second kappa shape index (κ2) is 7.51. The molecule has 0 aliphatic carbocycles. The summed E-state index contributed by atoms with van der Waals surface area (Å²) in [6.07, 6.45) is 1.07. The number of hydrogen-bond acceptors (Lipinski definition) is 4. The van der Waals surface area contributed by atoms with Crippen molar-refractivity contribution in [3.05, 3.63) is 52.0 Å². The van der Waals surface area contributed by atoms with Crippen molar-refractivity contribution in [2.24, 2.45) is 0 Å². The molecule has 25 heavy (non-hydrogen) atoms. The summed E-state index contributed by atoms with van der Waals surface area (Å²) in [5.74, 6) is -0.217. The highest BCUT2D eigenvalue weighted by Crippen LogP contribution is 2.29. The number of nitrogens with one attached hydrogen (secondary N) is 1. The normalized spacial score (nSPS) is 11.1. The molecule has 0 atom stereocenters. The van der Waals surface area contributed by atoms with E-state index in [2.05, 4.69) is 5.32 Å². The van der Waals surface area contributed by atoms with Crippen LogP contribution in [-0.4, -0.2) is 34.7 Å². The molecule has 9 heteroatoms. The molecule has 0 aromatic heterocycles. The van der Waals surface area contributed by atoms with Crippen molar-refractivity contribution in [2.75, 3.05) is 30.0 Å². The Morgan fingerprint density at radius 1 is 1.16 bits per heavy atom. The first-order valence-electron chi connectivity index (χ1n) is 7.02. The molecule has 1 amide bonds. The molecule has 0 saturated carbocycles. The molecule has 6 nitrogen and oxygen atoms in total. The van der Waals surface area contributed by atoms with Gasteiger partial charge in [-0.1, -0.05) is 23.2 Å². The van der Waals surface area contributed by atoms with Crippen molar-refractivity contribution in [2.45, 2.75) is 0 Å². The molecule has 2 rings (SSSR count). The van der Waals surface area contributed by atoms with Gasteiger partial charge in [0, 0.05) is 12.1 Å². The lowest BCUT2D eigenvalue weighted by Gasteiger charge is -2.18. The van der Waals surface area contributed by atoms with E-state index >= 15 is 0 Å². The van der Waals surface area contributed by atoms with E-state index in [1.54, 1.807) is 18.2 Å². The van der Waals surface area contributed by atoms with Gasteiger partial charge in [-0.15, -0.1) is 0 Å². The Bertz CT molecular complexity index is 916. The second-order valence-corrected chi connectivity index (χ2v) is 8.05. The number of carbonyl (C=O) groups is 1. The average molecular weight is 403 g/mol. The molecule has 0 heterocycles. The van der Waals surface area contributed by atoms with Crippen molar-refractivity contribution in [1.82, 2.24) is 0 Å². The number of sulfonamides is 1. The number of amides is 1. The molecular weight excluding hydrogens is 387 g/mol. The Morgan fingerprint density at radius 3 is 2.44 bits per heavy atom. The van der Waals surface area contributed by atoms with Crippen molar-refractivity contribution in [3.63, 3.8) is 0 Å². The third kappa shape index (κ3) is 4.56. The van der Waals surface area contributed by atoms with Gasteiger partial charge in [0.1, 0.15) is 5.75 Å². The fourth-order valence-corrected chi connectivity index (χ4v) is 2.88. The first kappa shape index (κ1) is 19.4. The number of nitrogens with zero attached hydrogens (tertiary/aromatic N) is 1. The molecule has 134 valence electrons. The largest absolute Gasteiger partial charge is 0.496 e. The quantitative estimate of drug-likeness (QED) is 0.827. The van der Waals surface area contributed by atoms with Crippen molar-refractivity contribution in [1.29, 1.82) is 0 Å². The van der Waals surface area contributed by atoms with E-state index in [-0.39, 0.29) is 5.56 Å². The van der Waals surface area contributed by atoms with Crippen LogP contribution >= 0.6 is 23.2 Å². The lowest BCUT2D eigenvalue weighted by atomic mass is 10.1. The van der Waals surface area contributed by atoms with Gasteiger partial charge >= 0.3 is 0 Å². The minimum Gasteiger partial charge on any atom is -0.496 e. The Labute approximate surface area is 156 Å². The molecule has 0 spiro atoms. The number of halogens is 2. The topological polar surface area (TPSA) is 75.7 Å². The number of methoxy groups -OCH3 is 1. The predicted molar refractivity (Wildman–Crippen MR) is 101 cm³/mol. The van der Waals surface area contributed by atoms with Crippen LogP contribution in [0.15, 0.2) is 36.4 Å². The number of rotatable bonds is 5. The van der Waals surface area contributed by atoms with Crippen LogP contribution in [0.2, 0.25) is 10.0 Å². The summed E-state index contributed by atoms with van der Waals surface area (Å²) < 4.78 is 29.7. The van der Waals surface area contributed by atoms with E-state index in [1.165, 1.54) is 32.4 Å². The highest BCUT2D eigenvalue weighted by atomic mass is 35.5. The fourth-order valence-electron chi connectivity index (χ4n) is 2.04. The number of anilines is 2. The van der Waals surface area contributed by atoms with Gasteiger partial charge in [0.05, 0.1) is 35.3 Å². The second-order valence-electron chi connectivity index (χ2n) is 5.19. The van der Waals surface area contributed by atoms with Gasteiger partial charge < -0.3 is 10.1 Å². The van der Waals surface area contributed by atoms with E-state index in [0.29, 0.717) is 27.2 Å². The van der Waals surface area contributed by atoms with Crippen molar-refractivity contribution >= 4 is 50.5 Å². The van der Waals surface area contributed by atoms with Gasteiger partial charge in [-0.3, -0.25) is 9.10 Å². The van der Waals surface area contributed by atoms with Crippen LogP contribution in [-0.2, 0) is 10.0 Å². The van der Waals surface area contributed by atoms with Gasteiger partial charge in [0.15, 0.2) is 0 Å². The van der Waals surface area contributed by atoms with Gasteiger partial charge in [0.25, 0.3) is 5.91 Å². The molecule has 0 fully saturated rings. The molecule has 0 aliphatic rings. The smallest absolute Gasteiger partial charge is 0.259 e. The summed E-state index contributed by atoms with van der Waals surface area (Å²) >= 11 is 12.0. The summed E-state index contributed by atoms with van der Waals surface area (Å²) in [5, 5.41) is 3.38. The molecule has 2 aromatic carbocycles. The van der Waals surface area contributed by atoms with Crippen LogP contribution in [0.25, 0.3) is 0 Å². The standard InChI is InChI=1S/C16H16Cl2N2O4S/c1-20(25(3,22)23)11-5-7-15(24-2)12(9-11)16(21)19-14-8-10(17)4-6-13(14)18/h4-9H,1-3H3,(H,19,21). The Kier molecular flexibility index (Phi) is 5.82. The summed E-state index contributed by atoms with van der Waals surface area (Å²) in [6.45, 7) is 0. The van der Waals surface area contributed by atoms with Gasteiger partial charge in [-0.2, -0.15) is 0 Å². The van der Waals surface area contributed by atoms with Crippen molar-refractivity contribution in [3.8, 4) is 5.75 Å². The predicted octanol–water partition coefficient (Wildman–Crippen LogP) is 3.65. The van der Waals surface area contributed by atoms with Crippen LogP contribution in [0, 0.1) is 0 Å². The van der Waals surface area contributed by atoms with Crippen LogP contribution in [0.4, 0.5) is 11.4 Å². The maximum absolute atomic E-state index is 12.6. The van der Waals surface area contributed by atoms with E-state index in [4.69, 9.17) is 27.9 Å². The minimum absolute atomic E-state index is 0.159. The lowest BCUT2D eigenvalue weighted by molar-refractivity contribution is 0.102. The van der Waals surface area contributed by atoms with Crippen molar-refractivity contribution < 1.29 is 17.9 Å². The molecule has 0 unspecified atom stereocenters. The van der Waals surface area contributed by atoms with E-state index in [0.717, 1.165) is 10.6 Å². The number of benzene rings is 2. The Balaban J connectivity index is 2.42. The maximum atomic E-state index is 12.6. The number of ether oxygens (including phenoxy) is 1. The number of carbonyl (C=O) groups excluding carboxylic acids is 1. The monoisotopic (exact) mass is 402 g/mol. The van der Waals surface area contributed by atoms with Gasteiger partial charge in [-0.25, -0.2) is 8.42 Å². The first-order valence-corrected chi connectivity index (χ1v) is 9.62. The van der Waals surface area contributed by atoms with Crippen LogP contribution < -0.4 is 14.4 Å². The zero-order valence-corrected chi connectivity index (χ0v) is 16.0. The zero-order chi connectivity index (χ0) is 18.8. The van der Waals surface area contributed by atoms with E-state index in [9.17, 15) is 13.2 Å². The van der Waals surface area contributed by atoms with Crippen LogP contribution in [0.1, 0.15) is 10.4 Å². The zero-order valence-electron chi connectivity index (χ0n) is 13.7. The summed E-state index contributed by atoms with van der Waals surface area (Å²) in [5.41, 5.74) is 0.820. The molecule has 1 N–H and O–H groups in total. The molecule has 0 bridgehead atoms. The lowest BCUT2D eigenvalue weighted by Crippen LogP contribution is -2.25. The third-order valence-corrected chi connectivity index (χ3v) is 5.24. The highest BCUT2D eigenvalue weighted by molar-refractivity contribution is 7.92. The average Bonchev–Trinajstić information content (AvgIpc) is 2.56. The van der Waals surface area contributed by atoms with Gasteiger partial charge in [0.2, 0.25) is 10.0 Å². The van der Waals surface area contributed by atoms with Crippen LogP contribution in [0.3, 0.4) is 0 Å². The molecule has 0 radical (unpaired) electrons.